The number of sulfonamides is 1. The fourth-order valence-electron chi connectivity index (χ4n) is 2.87. The fraction of sp³-hybridized carbons (Fsp3) is 0.500. The minimum absolute atomic E-state index is 0.0167. The highest BCUT2D eigenvalue weighted by Crippen LogP contribution is 2.32. The third-order valence-electron chi connectivity index (χ3n) is 4.60. The molecule has 1 aromatic heterocycles. The van der Waals surface area contributed by atoms with Gasteiger partial charge in [-0.2, -0.15) is 0 Å². The molecule has 0 radical (unpaired) electrons. The number of carbonyl (C=O) groups excluding carboxylic acids is 1. The Morgan fingerprint density at radius 3 is 2.63 bits per heavy atom. The van der Waals surface area contributed by atoms with E-state index in [-0.39, 0.29) is 30.4 Å². The Morgan fingerprint density at radius 1 is 1.13 bits per heavy atom. The zero-order valence-electron chi connectivity index (χ0n) is 17.1. The average molecular weight is 439 g/mol. The van der Waals surface area contributed by atoms with E-state index < -0.39 is 10.0 Å². The Morgan fingerprint density at radius 2 is 1.90 bits per heavy atom. The molecule has 2 aromatic rings. The van der Waals surface area contributed by atoms with Gasteiger partial charge in [0.15, 0.2) is 18.1 Å². The molecule has 1 aliphatic heterocycles. The van der Waals surface area contributed by atoms with Gasteiger partial charge in [-0.25, -0.2) is 18.1 Å². The summed E-state index contributed by atoms with van der Waals surface area (Å²) in [5, 5.41) is 0. The number of aromatic nitrogens is 1. The third kappa shape index (κ3) is 5.96. The lowest BCUT2D eigenvalue weighted by atomic mass is 10.2. The lowest BCUT2D eigenvalue weighted by Gasteiger charge is -2.18. The first-order chi connectivity index (χ1) is 14.3. The van der Waals surface area contributed by atoms with Gasteiger partial charge in [0.2, 0.25) is 15.9 Å². The van der Waals surface area contributed by atoms with Crippen molar-refractivity contribution in [1.82, 2.24) is 9.71 Å². The first-order valence-electron chi connectivity index (χ1n) is 9.83. The lowest BCUT2D eigenvalue weighted by Crippen LogP contribution is -2.25. The topological polar surface area (TPSA) is 117 Å². The molecule has 0 bridgehead atoms. The summed E-state index contributed by atoms with van der Waals surface area (Å²) < 4.78 is 48.7. The van der Waals surface area contributed by atoms with E-state index in [1.807, 2.05) is 6.92 Å². The summed E-state index contributed by atoms with van der Waals surface area (Å²) in [6, 6.07) is 4.54. The zero-order chi connectivity index (χ0) is 21.6. The van der Waals surface area contributed by atoms with Crippen molar-refractivity contribution in [2.75, 3.05) is 19.8 Å². The molecule has 10 heteroatoms. The Bertz CT molecular complexity index is 966. The van der Waals surface area contributed by atoms with Crippen LogP contribution < -0.4 is 14.2 Å². The molecule has 1 N–H and O–H groups in total. The molecule has 164 valence electrons. The van der Waals surface area contributed by atoms with E-state index in [1.54, 1.807) is 13.0 Å². The van der Waals surface area contributed by atoms with Crippen molar-refractivity contribution in [2.24, 2.45) is 0 Å². The van der Waals surface area contributed by atoms with Crippen molar-refractivity contribution < 1.29 is 31.8 Å². The maximum Gasteiger partial charge on any atom is 0.306 e. The molecule has 0 amide bonds. The first-order valence-corrected chi connectivity index (χ1v) is 11.3. The molecule has 0 atom stereocenters. The predicted octanol–water partition coefficient (Wildman–Crippen LogP) is 2.64. The second kappa shape index (κ2) is 9.94. The van der Waals surface area contributed by atoms with Gasteiger partial charge in [-0.05, 0) is 38.8 Å². The second-order valence-electron chi connectivity index (χ2n) is 6.92. The number of unbranched alkanes of at least 4 members (excludes halogenated alkanes) is 2. The van der Waals surface area contributed by atoms with Crippen LogP contribution in [0.1, 0.15) is 43.0 Å². The van der Waals surface area contributed by atoms with Gasteiger partial charge in [0, 0.05) is 19.0 Å². The van der Waals surface area contributed by atoms with Crippen LogP contribution in [0.15, 0.2) is 27.5 Å². The molecule has 30 heavy (non-hydrogen) atoms. The minimum Gasteiger partial charge on any atom is -0.486 e. The second-order valence-corrected chi connectivity index (χ2v) is 8.69. The molecule has 0 spiro atoms. The van der Waals surface area contributed by atoms with Gasteiger partial charge in [-0.15, -0.1) is 0 Å². The number of hydrogen-bond acceptors (Lipinski definition) is 8. The van der Waals surface area contributed by atoms with Crippen molar-refractivity contribution in [3.63, 3.8) is 0 Å². The van der Waals surface area contributed by atoms with Gasteiger partial charge in [0.1, 0.15) is 19.0 Å². The van der Waals surface area contributed by atoms with E-state index in [4.69, 9.17) is 18.6 Å². The molecule has 9 nitrogen and oxygen atoms in total. The van der Waals surface area contributed by atoms with Crippen molar-refractivity contribution in [3.8, 4) is 11.5 Å². The molecule has 3 rings (SSSR count). The Balaban J connectivity index is 1.33. The summed E-state index contributed by atoms with van der Waals surface area (Å²) in [5.74, 6) is 1.73. The maximum absolute atomic E-state index is 12.4. The van der Waals surface area contributed by atoms with Gasteiger partial charge in [0.25, 0.3) is 0 Å². The van der Waals surface area contributed by atoms with Crippen LogP contribution in [0.5, 0.6) is 11.5 Å². The van der Waals surface area contributed by atoms with Crippen LogP contribution in [0.2, 0.25) is 0 Å². The number of ether oxygens (including phenoxy) is 3. The number of nitrogens with zero attached hydrogens (tertiary/aromatic N) is 1. The zero-order valence-corrected chi connectivity index (χ0v) is 17.9. The van der Waals surface area contributed by atoms with E-state index in [2.05, 4.69) is 9.71 Å². The normalized spacial score (nSPS) is 13.3. The maximum atomic E-state index is 12.4. The number of nitrogens with one attached hydrogen (secondary N) is 1. The van der Waals surface area contributed by atoms with Crippen LogP contribution in [-0.2, 0) is 26.2 Å². The monoisotopic (exact) mass is 438 g/mol. The Labute approximate surface area is 175 Å². The number of benzene rings is 1. The largest absolute Gasteiger partial charge is 0.486 e. The highest BCUT2D eigenvalue weighted by molar-refractivity contribution is 7.89. The lowest BCUT2D eigenvalue weighted by molar-refractivity contribution is -0.145. The van der Waals surface area contributed by atoms with E-state index >= 15 is 0 Å². The summed E-state index contributed by atoms with van der Waals surface area (Å²) in [5.41, 5.74) is 0.778. The molecule has 2 heterocycles. The van der Waals surface area contributed by atoms with Crippen molar-refractivity contribution >= 4 is 16.0 Å². The van der Waals surface area contributed by atoms with Crippen molar-refractivity contribution in [2.45, 2.75) is 51.0 Å². The summed E-state index contributed by atoms with van der Waals surface area (Å²) in [7, 11) is -3.63. The van der Waals surface area contributed by atoms with Gasteiger partial charge < -0.3 is 18.6 Å². The van der Waals surface area contributed by atoms with E-state index in [0.29, 0.717) is 55.6 Å². The van der Waals surface area contributed by atoms with Gasteiger partial charge in [-0.3, -0.25) is 4.79 Å². The number of carbonyl (C=O) groups is 1. The van der Waals surface area contributed by atoms with Gasteiger partial charge in [-0.1, -0.05) is 6.42 Å². The quantitative estimate of drug-likeness (QED) is 0.444. The van der Waals surface area contributed by atoms with Crippen LogP contribution in [0.3, 0.4) is 0 Å². The molecule has 0 aliphatic carbocycles. The summed E-state index contributed by atoms with van der Waals surface area (Å²) in [6.07, 6.45) is 2.16. The van der Waals surface area contributed by atoms with E-state index in [1.165, 1.54) is 12.1 Å². The first kappa shape index (κ1) is 22.1. The number of rotatable bonds is 10. The van der Waals surface area contributed by atoms with E-state index in [0.717, 1.165) is 5.69 Å². The van der Waals surface area contributed by atoms with Crippen LogP contribution in [0.25, 0.3) is 0 Å². The smallest absolute Gasteiger partial charge is 0.306 e. The molecule has 1 aromatic carbocycles. The molecular formula is C20H26N2O7S. The van der Waals surface area contributed by atoms with Crippen molar-refractivity contribution in [1.29, 1.82) is 0 Å². The van der Waals surface area contributed by atoms with Crippen LogP contribution in [0.4, 0.5) is 0 Å². The van der Waals surface area contributed by atoms with E-state index in [9.17, 15) is 13.2 Å². The van der Waals surface area contributed by atoms with Crippen LogP contribution >= 0.6 is 0 Å². The summed E-state index contributed by atoms with van der Waals surface area (Å²) in [6.45, 7) is 4.76. The molecular weight excluding hydrogens is 412 g/mol. The molecule has 0 fully saturated rings. The highest BCUT2D eigenvalue weighted by atomic mass is 32.2. The molecule has 0 saturated carbocycles. The molecule has 1 aliphatic rings. The minimum atomic E-state index is -3.63. The van der Waals surface area contributed by atoms with Crippen molar-refractivity contribution in [3.05, 3.63) is 35.5 Å². The Kier molecular flexibility index (Phi) is 7.33. The molecule has 0 saturated heterocycles. The number of hydrogen-bond donors (Lipinski definition) is 1. The SMILES string of the molecule is Cc1nc(COC(=O)CCCCCNS(=O)(=O)c2ccc3c(c2)OCCO3)oc1C. The highest BCUT2D eigenvalue weighted by Gasteiger charge is 2.19. The number of aryl methyl sites for hydroxylation is 2. The number of oxazole rings is 1. The van der Waals surface area contributed by atoms with Crippen LogP contribution in [0, 0.1) is 13.8 Å². The number of fused-ring (bicyclic) bond motifs is 1. The molecule has 0 unspecified atom stereocenters. The van der Waals surface area contributed by atoms with Crippen LogP contribution in [-0.4, -0.2) is 39.1 Å². The summed E-state index contributed by atoms with van der Waals surface area (Å²) >= 11 is 0. The Hall–Kier alpha value is -2.59. The third-order valence-corrected chi connectivity index (χ3v) is 6.06. The van der Waals surface area contributed by atoms with Gasteiger partial charge in [0.05, 0.1) is 10.6 Å². The fourth-order valence-corrected chi connectivity index (χ4v) is 3.96. The van der Waals surface area contributed by atoms with Gasteiger partial charge >= 0.3 is 5.97 Å². The predicted molar refractivity (Wildman–Crippen MR) is 107 cm³/mol. The number of esters is 1. The standard InChI is InChI=1S/C20H26N2O7S/c1-14-15(2)29-19(22-14)13-28-20(23)6-4-3-5-9-21-30(24,25)16-7-8-17-18(12-16)27-11-10-26-17/h7-8,12,21H,3-6,9-11,13H2,1-2H3. The summed E-state index contributed by atoms with van der Waals surface area (Å²) in [4.78, 5) is 16.1. The average Bonchev–Trinajstić information content (AvgIpc) is 3.06.